The van der Waals surface area contributed by atoms with Gasteiger partial charge >= 0.3 is 6.09 Å². The maximum Gasteiger partial charge on any atom is 0.407 e. The van der Waals surface area contributed by atoms with Crippen LogP contribution in [0, 0.1) is 11.8 Å². The Morgan fingerprint density at radius 3 is 2.50 bits per heavy atom. The average Bonchev–Trinajstić information content (AvgIpc) is 2.11. The number of carbonyl (C=O) groups is 1. The molecule has 2 rings (SSSR count). The Kier molecular flexibility index (Phi) is 3.82. The van der Waals surface area contributed by atoms with Gasteiger partial charge in [0.15, 0.2) is 0 Å². The number of rotatable bonds is 3. The van der Waals surface area contributed by atoms with Gasteiger partial charge in [0.05, 0.1) is 5.60 Å². The molecule has 2 aliphatic heterocycles. The molecular formula is C13H24N2O3. The Balaban J connectivity index is 1.79. The first kappa shape index (κ1) is 13.6. The van der Waals surface area contributed by atoms with Gasteiger partial charge in [0.25, 0.3) is 0 Å². The first-order valence-corrected chi connectivity index (χ1v) is 6.78. The highest BCUT2D eigenvalue weighted by molar-refractivity contribution is 5.66. The summed E-state index contributed by atoms with van der Waals surface area (Å²) in [5.74, 6) is 1.11. The van der Waals surface area contributed by atoms with Crippen LogP contribution in [0.5, 0.6) is 0 Å². The van der Waals surface area contributed by atoms with E-state index < -0.39 is 11.7 Å². The van der Waals surface area contributed by atoms with Crippen LogP contribution in [-0.4, -0.2) is 64.4 Å². The predicted octanol–water partition coefficient (Wildman–Crippen LogP) is 1.08. The minimum atomic E-state index is -0.796. The molecule has 2 saturated heterocycles. The van der Waals surface area contributed by atoms with Crippen LogP contribution in [-0.2, 0) is 0 Å². The van der Waals surface area contributed by atoms with E-state index in [1.54, 1.807) is 0 Å². The van der Waals surface area contributed by atoms with Gasteiger partial charge in [-0.25, -0.2) is 4.79 Å². The predicted molar refractivity (Wildman–Crippen MR) is 68.5 cm³/mol. The molecule has 2 aliphatic rings. The zero-order chi connectivity index (χ0) is 13.3. The van der Waals surface area contributed by atoms with Gasteiger partial charge in [0.2, 0.25) is 0 Å². The average molecular weight is 256 g/mol. The van der Waals surface area contributed by atoms with Crippen LogP contribution in [0.3, 0.4) is 0 Å². The van der Waals surface area contributed by atoms with Crippen LogP contribution in [0.15, 0.2) is 0 Å². The Labute approximate surface area is 108 Å². The lowest BCUT2D eigenvalue weighted by molar-refractivity contribution is -0.00596. The highest BCUT2D eigenvalue weighted by atomic mass is 16.4. The first-order valence-electron chi connectivity index (χ1n) is 6.78. The number of aliphatic hydroxyl groups is 1. The van der Waals surface area contributed by atoms with Gasteiger partial charge in [-0.05, 0) is 45.1 Å². The molecule has 18 heavy (non-hydrogen) atoms. The summed E-state index contributed by atoms with van der Waals surface area (Å²) in [6, 6.07) is 0. The van der Waals surface area contributed by atoms with E-state index in [9.17, 15) is 9.90 Å². The Bertz CT molecular complexity index is 308. The lowest BCUT2D eigenvalue weighted by Crippen LogP contribution is -2.55. The van der Waals surface area contributed by atoms with Gasteiger partial charge in [-0.15, -0.1) is 0 Å². The normalized spacial score (nSPS) is 27.1. The van der Waals surface area contributed by atoms with Gasteiger partial charge < -0.3 is 20.0 Å². The standard InChI is InChI=1S/C13H24N2O3/c1-13(2,18)9-14-5-3-4-10(6-14)11-7-15(8-11)12(16)17/h10-11,18H,3-9H2,1-2H3,(H,16,17). The van der Waals surface area contributed by atoms with E-state index in [1.165, 1.54) is 11.3 Å². The Hall–Kier alpha value is -0.810. The van der Waals surface area contributed by atoms with Crippen molar-refractivity contribution in [2.45, 2.75) is 32.3 Å². The van der Waals surface area contributed by atoms with Gasteiger partial charge in [0, 0.05) is 26.2 Å². The lowest BCUT2D eigenvalue weighted by Gasteiger charge is -2.46. The summed E-state index contributed by atoms with van der Waals surface area (Å²) in [5, 5.41) is 18.7. The highest BCUT2D eigenvalue weighted by Gasteiger charge is 2.38. The van der Waals surface area contributed by atoms with E-state index in [0.29, 0.717) is 31.5 Å². The highest BCUT2D eigenvalue weighted by Crippen LogP contribution is 2.31. The summed E-state index contributed by atoms with van der Waals surface area (Å²) >= 11 is 0. The number of likely N-dealkylation sites (tertiary alicyclic amines) is 2. The number of hydrogen-bond donors (Lipinski definition) is 2. The molecule has 0 bridgehead atoms. The Morgan fingerprint density at radius 2 is 1.94 bits per heavy atom. The van der Waals surface area contributed by atoms with Gasteiger partial charge in [-0.2, -0.15) is 0 Å². The third kappa shape index (κ3) is 3.36. The molecule has 1 atom stereocenters. The van der Waals surface area contributed by atoms with Crippen LogP contribution < -0.4 is 0 Å². The maximum absolute atomic E-state index is 10.7. The molecule has 5 heteroatoms. The topological polar surface area (TPSA) is 64.0 Å². The largest absolute Gasteiger partial charge is 0.465 e. The summed E-state index contributed by atoms with van der Waals surface area (Å²) in [5.41, 5.74) is -0.644. The van der Waals surface area contributed by atoms with E-state index in [4.69, 9.17) is 5.11 Å². The van der Waals surface area contributed by atoms with Crippen molar-refractivity contribution in [2.75, 3.05) is 32.7 Å². The van der Waals surface area contributed by atoms with E-state index in [0.717, 1.165) is 19.5 Å². The van der Waals surface area contributed by atoms with Crippen molar-refractivity contribution < 1.29 is 15.0 Å². The number of β-amino-alcohol motifs (C(OH)–C–C–N with tert-alkyl or cyclic N) is 1. The molecule has 2 fully saturated rings. The summed E-state index contributed by atoms with van der Waals surface area (Å²) in [4.78, 5) is 14.5. The third-order valence-electron chi connectivity index (χ3n) is 4.00. The molecule has 1 amide bonds. The lowest BCUT2D eigenvalue weighted by atomic mass is 9.80. The van der Waals surface area contributed by atoms with Gasteiger partial charge in [-0.3, -0.25) is 0 Å². The van der Waals surface area contributed by atoms with Crippen molar-refractivity contribution in [2.24, 2.45) is 11.8 Å². The SMILES string of the molecule is CC(C)(O)CN1CCCC(C2CN(C(=O)O)C2)C1. The number of nitrogens with zero attached hydrogens (tertiary/aromatic N) is 2. The molecule has 2 heterocycles. The van der Waals surface area contributed by atoms with Crippen molar-refractivity contribution in [3.05, 3.63) is 0 Å². The Morgan fingerprint density at radius 1 is 1.28 bits per heavy atom. The molecule has 1 unspecified atom stereocenters. The second kappa shape index (κ2) is 5.05. The maximum atomic E-state index is 10.7. The van der Waals surface area contributed by atoms with E-state index in [-0.39, 0.29) is 0 Å². The van der Waals surface area contributed by atoms with E-state index in [1.807, 2.05) is 13.8 Å². The molecule has 0 aromatic heterocycles. The second-order valence-corrected chi connectivity index (χ2v) is 6.40. The van der Waals surface area contributed by atoms with Gasteiger partial charge in [0.1, 0.15) is 0 Å². The molecule has 0 spiro atoms. The molecule has 0 saturated carbocycles. The minimum Gasteiger partial charge on any atom is -0.465 e. The molecule has 5 nitrogen and oxygen atoms in total. The first-order chi connectivity index (χ1) is 8.35. The van der Waals surface area contributed by atoms with Crippen LogP contribution in [0.25, 0.3) is 0 Å². The van der Waals surface area contributed by atoms with Crippen LogP contribution in [0.4, 0.5) is 4.79 Å². The third-order valence-corrected chi connectivity index (χ3v) is 4.00. The van der Waals surface area contributed by atoms with Gasteiger partial charge in [-0.1, -0.05) is 0 Å². The molecule has 0 aromatic carbocycles. The fourth-order valence-electron chi connectivity index (χ4n) is 3.13. The van der Waals surface area contributed by atoms with E-state index >= 15 is 0 Å². The summed E-state index contributed by atoms with van der Waals surface area (Å²) < 4.78 is 0. The number of hydrogen-bond acceptors (Lipinski definition) is 3. The second-order valence-electron chi connectivity index (χ2n) is 6.40. The van der Waals surface area contributed by atoms with Crippen molar-refractivity contribution in [1.82, 2.24) is 9.80 Å². The fourth-order valence-corrected chi connectivity index (χ4v) is 3.13. The van der Waals surface area contributed by atoms with Crippen LogP contribution >= 0.6 is 0 Å². The van der Waals surface area contributed by atoms with E-state index in [2.05, 4.69) is 4.90 Å². The minimum absolute atomic E-state index is 0.519. The molecular weight excluding hydrogens is 232 g/mol. The number of piperidine rings is 1. The summed E-state index contributed by atoms with van der Waals surface area (Å²) in [6.45, 7) is 7.82. The zero-order valence-electron chi connectivity index (χ0n) is 11.3. The fraction of sp³-hybridized carbons (Fsp3) is 0.923. The number of amides is 1. The molecule has 0 radical (unpaired) electrons. The van der Waals surface area contributed by atoms with Crippen molar-refractivity contribution in [1.29, 1.82) is 0 Å². The quantitative estimate of drug-likeness (QED) is 0.793. The number of carboxylic acid groups (broad SMARTS) is 1. The van der Waals surface area contributed by atoms with Crippen molar-refractivity contribution in [3.8, 4) is 0 Å². The molecule has 0 aliphatic carbocycles. The summed E-state index contributed by atoms with van der Waals surface area (Å²) in [7, 11) is 0. The zero-order valence-corrected chi connectivity index (χ0v) is 11.3. The smallest absolute Gasteiger partial charge is 0.407 e. The molecule has 104 valence electrons. The molecule has 2 N–H and O–H groups in total. The van der Waals surface area contributed by atoms with Crippen molar-refractivity contribution >= 4 is 6.09 Å². The monoisotopic (exact) mass is 256 g/mol. The molecule has 0 aromatic rings. The van der Waals surface area contributed by atoms with Crippen LogP contribution in [0.1, 0.15) is 26.7 Å². The summed E-state index contributed by atoms with van der Waals surface area (Å²) in [6.07, 6.45) is 1.56. The van der Waals surface area contributed by atoms with Crippen molar-refractivity contribution in [3.63, 3.8) is 0 Å². The van der Waals surface area contributed by atoms with Crippen LogP contribution in [0.2, 0.25) is 0 Å².